The number of hydrogen-bond acceptors (Lipinski definition) is 4. The molecule has 2 unspecified atom stereocenters. The maximum absolute atomic E-state index is 10.9. The lowest BCUT2D eigenvalue weighted by atomic mass is 10.0. The Morgan fingerprint density at radius 2 is 1.87 bits per heavy atom. The highest BCUT2D eigenvalue weighted by atomic mass is 32.2. The van der Waals surface area contributed by atoms with Crippen LogP contribution in [0.2, 0.25) is 0 Å². The minimum Gasteiger partial charge on any atom is -0.390 e. The highest BCUT2D eigenvalue weighted by molar-refractivity contribution is 8.13. The molecular formula is C18H19NO3S. The van der Waals surface area contributed by atoms with Gasteiger partial charge in [0.15, 0.2) is 5.12 Å². The standard InChI is InChI=1S/C18H19NO3S/c1-11(20)23-9-8-17(21)18(22)12-6-7-14-13-4-2-3-5-15(13)19-16(14)10-12/h2-7,10,17-19,21-22H,8-9H2,1H3. The number of benzene rings is 2. The van der Waals surface area contributed by atoms with Crippen LogP contribution in [-0.4, -0.2) is 32.2 Å². The first kappa shape index (κ1) is 16.1. The molecule has 0 aliphatic heterocycles. The summed E-state index contributed by atoms with van der Waals surface area (Å²) in [4.78, 5) is 14.2. The van der Waals surface area contributed by atoms with E-state index in [1.165, 1.54) is 6.92 Å². The topological polar surface area (TPSA) is 73.3 Å². The van der Waals surface area contributed by atoms with Gasteiger partial charge in [0.2, 0.25) is 0 Å². The Bertz CT molecular complexity index is 843. The quantitative estimate of drug-likeness (QED) is 0.671. The minimum atomic E-state index is -0.960. The molecule has 0 spiro atoms. The fourth-order valence-electron chi connectivity index (χ4n) is 2.76. The molecule has 0 saturated heterocycles. The van der Waals surface area contributed by atoms with Gasteiger partial charge in [0.05, 0.1) is 6.10 Å². The molecule has 3 N–H and O–H groups in total. The number of carbonyl (C=O) groups excluding carboxylic acids is 1. The van der Waals surface area contributed by atoms with Crippen molar-refractivity contribution in [1.82, 2.24) is 4.98 Å². The molecule has 3 rings (SSSR count). The summed E-state index contributed by atoms with van der Waals surface area (Å²) < 4.78 is 0. The highest BCUT2D eigenvalue weighted by Gasteiger charge is 2.19. The van der Waals surface area contributed by atoms with Gasteiger partial charge in [-0.15, -0.1) is 0 Å². The lowest BCUT2D eigenvalue weighted by Crippen LogP contribution is -2.19. The number of H-pyrrole nitrogens is 1. The van der Waals surface area contributed by atoms with Gasteiger partial charge in [-0.2, -0.15) is 0 Å². The number of aromatic amines is 1. The van der Waals surface area contributed by atoms with Gasteiger partial charge in [-0.3, -0.25) is 4.79 Å². The summed E-state index contributed by atoms with van der Waals surface area (Å²) in [5, 5.41) is 22.7. The molecule has 0 amide bonds. The van der Waals surface area contributed by atoms with Gasteiger partial charge in [0.1, 0.15) is 6.10 Å². The van der Waals surface area contributed by atoms with E-state index in [-0.39, 0.29) is 5.12 Å². The Hall–Kier alpha value is -1.82. The molecule has 0 saturated carbocycles. The Labute approximate surface area is 138 Å². The first-order valence-electron chi connectivity index (χ1n) is 7.56. The number of carbonyl (C=O) groups is 1. The normalized spacial score (nSPS) is 14.2. The summed E-state index contributed by atoms with van der Waals surface area (Å²) in [6.45, 7) is 1.50. The lowest BCUT2D eigenvalue weighted by molar-refractivity contribution is -0.109. The summed E-state index contributed by atoms with van der Waals surface area (Å²) in [6, 6.07) is 13.7. The van der Waals surface area contributed by atoms with E-state index in [0.717, 1.165) is 33.6 Å². The first-order valence-corrected chi connectivity index (χ1v) is 8.54. The molecule has 0 fully saturated rings. The minimum absolute atomic E-state index is 0.0196. The Kier molecular flexibility index (Phi) is 4.71. The van der Waals surface area contributed by atoms with E-state index in [2.05, 4.69) is 11.1 Å². The van der Waals surface area contributed by atoms with Crippen molar-refractivity contribution in [3.05, 3.63) is 48.0 Å². The second kappa shape index (κ2) is 6.74. The predicted octanol–water partition coefficient (Wildman–Crippen LogP) is 3.39. The number of aliphatic hydroxyl groups is 2. The molecule has 4 nitrogen and oxygen atoms in total. The highest BCUT2D eigenvalue weighted by Crippen LogP contribution is 2.29. The van der Waals surface area contributed by atoms with Crippen molar-refractivity contribution < 1.29 is 15.0 Å². The summed E-state index contributed by atoms with van der Waals surface area (Å²) in [6.07, 6.45) is -1.47. The Morgan fingerprint density at radius 1 is 1.13 bits per heavy atom. The molecule has 1 heterocycles. The van der Waals surface area contributed by atoms with E-state index < -0.39 is 12.2 Å². The molecule has 3 aromatic rings. The van der Waals surface area contributed by atoms with Crippen LogP contribution in [0.15, 0.2) is 42.5 Å². The molecule has 2 aromatic carbocycles. The van der Waals surface area contributed by atoms with E-state index in [0.29, 0.717) is 17.7 Å². The molecule has 0 aliphatic carbocycles. The average Bonchev–Trinajstić information content (AvgIpc) is 2.91. The number of para-hydroxylation sites is 1. The molecule has 1 aromatic heterocycles. The maximum Gasteiger partial charge on any atom is 0.185 e. The van der Waals surface area contributed by atoms with Crippen LogP contribution in [0, 0.1) is 0 Å². The second-order valence-corrected chi connectivity index (χ2v) is 6.89. The monoisotopic (exact) mass is 329 g/mol. The van der Waals surface area contributed by atoms with E-state index in [1.54, 1.807) is 0 Å². The van der Waals surface area contributed by atoms with Crippen molar-refractivity contribution in [2.45, 2.75) is 25.6 Å². The number of nitrogens with one attached hydrogen (secondary N) is 1. The van der Waals surface area contributed by atoms with Crippen molar-refractivity contribution in [2.75, 3.05) is 5.75 Å². The van der Waals surface area contributed by atoms with E-state index >= 15 is 0 Å². The number of aromatic nitrogens is 1. The van der Waals surface area contributed by atoms with Gasteiger partial charge in [-0.05, 0) is 24.1 Å². The molecule has 120 valence electrons. The van der Waals surface area contributed by atoms with Crippen LogP contribution in [0.25, 0.3) is 21.8 Å². The van der Waals surface area contributed by atoms with Crippen LogP contribution in [0.4, 0.5) is 0 Å². The third-order valence-corrected chi connectivity index (χ3v) is 4.80. The number of rotatable bonds is 5. The maximum atomic E-state index is 10.9. The van der Waals surface area contributed by atoms with Crippen LogP contribution in [-0.2, 0) is 4.79 Å². The fraction of sp³-hybridized carbons (Fsp3) is 0.278. The van der Waals surface area contributed by atoms with Crippen molar-refractivity contribution in [3.8, 4) is 0 Å². The van der Waals surface area contributed by atoms with Crippen LogP contribution in [0.3, 0.4) is 0 Å². The number of hydrogen-bond donors (Lipinski definition) is 3. The molecule has 0 bridgehead atoms. The van der Waals surface area contributed by atoms with E-state index in [4.69, 9.17) is 0 Å². The zero-order chi connectivity index (χ0) is 16.4. The van der Waals surface area contributed by atoms with Crippen LogP contribution < -0.4 is 0 Å². The Balaban J connectivity index is 1.82. The third kappa shape index (κ3) is 3.42. The summed E-state index contributed by atoms with van der Waals surface area (Å²) in [5.41, 5.74) is 2.66. The van der Waals surface area contributed by atoms with Crippen molar-refractivity contribution in [1.29, 1.82) is 0 Å². The van der Waals surface area contributed by atoms with Crippen LogP contribution >= 0.6 is 11.8 Å². The first-order chi connectivity index (χ1) is 11.1. The Morgan fingerprint density at radius 3 is 2.65 bits per heavy atom. The van der Waals surface area contributed by atoms with Gasteiger partial charge in [-0.1, -0.05) is 42.1 Å². The van der Waals surface area contributed by atoms with Crippen molar-refractivity contribution in [3.63, 3.8) is 0 Å². The van der Waals surface area contributed by atoms with Crippen molar-refractivity contribution in [2.24, 2.45) is 0 Å². The fourth-order valence-corrected chi connectivity index (χ4v) is 3.41. The molecule has 5 heteroatoms. The van der Waals surface area contributed by atoms with Crippen LogP contribution in [0.5, 0.6) is 0 Å². The summed E-state index contributed by atoms with van der Waals surface area (Å²) in [7, 11) is 0. The van der Waals surface area contributed by atoms with E-state index in [9.17, 15) is 15.0 Å². The zero-order valence-corrected chi connectivity index (χ0v) is 13.6. The lowest BCUT2D eigenvalue weighted by Gasteiger charge is -2.17. The second-order valence-electron chi connectivity index (χ2n) is 5.62. The zero-order valence-electron chi connectivity index (χ0n) is 12.8. The number of thioether (sulfide) groups is 1. The van der Waals surface area contributed by atoms with Crippen LogP contribution in [0.1, 0.15) is 25.0 Å². The largest absolute Gasteiger partial charge is 0.390 e. The summed E-state index contributed by atoms with van der Waals surface area (Å²) >= 11 is 1.16. The van der Waals surface area contributed by atoms with Gasteiger partial charge in [-0.25, -0.2) is 0 Å². The average molecular weight is 329 g/mol. The molecule has 2 atom stereocenters. The predicted molar refractivity (Wildman–Crippen MR) is 94.5 cm³/mol. The third-order valence-electron chi connectivity index (χ3n) is 3.96. The molecule has 0 radical (unpaired) electrons. The van der Waals surface area contributed by atoms with Gasteiger partial charge >= 0.3 is 0 Å². The number of aliphatic hydroxyl groups excluding tert-OH is 2. The van der Waals surface area contributed by atoms with Crippen molar-refractivity contribution >= 4 is 38.7 Å². The number of fused-ring (bicyclic) bond motifs is 3. The van der Waals surface area contributed by atoms with Gasteiger partial charge in [0, 0.05) is 34.5 Å². The van der Waals surface area contributed by atoms with E-state index in [1.807, 2.05) is 36.4 Å². The molecular weight excluding hydrogens is 310 g/mol. The smallest absolute Gasteiger partial charge is 0.185 e. The van der Waals surface area contributed by atoms with Gasteiger partial charge in [0.25, 0.3) is 0 Å². The SMILES string of the molecule is CC(=O)SCCC(O)C(O)c1ccc2c(c1)[nH]c1ccccc12. The summed E-state index contributed by atoms with van der Waals surface area (Å²) in [5.74, 6) is 0.502. The molecule has 23 heavy (non-hydrogen) atoms. The molecule has 0 aliphatic rings. The van der Waals surface area contributed by atoms with Gasteiger partial charge < -0.3 is 15.2 Å².